The van der Waals surface area contributed by atoms with Crippen molar-refractivity contribution in [2.24, 2.45) is 0 Å². The summed E-state index contributed by atoms with van der Waals surface area (Å²) < 4.78 is 0. The average molecular weight is 352 g/mol. The molecule has 1 aromatic heterocycles. The van der Waals surface area contributed by atoms with Gasteiger partial charge in [-0.25, -0.2) is 9.97 Å². The molecule has 0 saturated heterocycles. The molecule has 26 heavy (non-hydrogen) atoms. The Bertz CT molecular complexity index is 783. The van der Waals surface area contributed by atoms with Crippen LogP contribution in [-0.4, -0.2) is 39.9 Å². The van der Waals surface area contributed by atoms with E-state index in [0.717, 1.165) is 38.2 Å². The second-order valence-corrected chi connectivity index (χ2v) is 7.00. The highest BCUT2D eigenvalue weighted by molar-refractivity contribution is 5.93. The minimum absolute atomic E-state index is 0.000542. The van der Waals surface area contributed by atoms with E-state index in [9.17, 15) is 4.79 Å². The first-order valence-electron chi connectivity index (χ1n) is 9.57. The minimum Gasteiger partial charge on any atom is -0.337 e. The third-order valence-electron chi connectivity index (χ3n) is 4.77. The molecule has 1 aliphatic rings. The zero-order valence-electron chi connectivity index (χ0n) is 16.2. The second-order valence-electron chi connectivity index (χ2n) is 7.00. The molecule has 2 heterocycles. The van der Waals surface area contributed by atoms with Gasteiger partial charge in [-0.1, -0.05) is 32.0 Å². The van der Waals surface area contributed by atoms with Crippen molar-refractivity contribution in [3.8, 4) is 0 Å². The number of aromatic nitrogens is 2. The summed E-state index contributed by atoms with van der Waals surface area (Å²) in [6.07, 6.45) is 2.87. The molecule has 0 spiro atoms. The summed E-state index contributed by atoms with van der Waals surface area (Å²) in [6.45, 7) is 9.75. The third-order valence-corrected chi connectivity index (χ3v) is 4.77. The minimum atomic E-state index is 0.000542. The first-order valence-corrected chi connectivity index (χ1v) is 9.57. The number of amides is 1. The standard InChI is InChI=1S/C21H28N4O/c1-5-11-24(12-6-2)21(26)18-14-20(23-16(4)22-18)25-15(3)13-17-9-7-8-10-19(17)25/h7-10,14-15H,5-6,11-13H2,1-4H3. The Hall–Kier alpha value is -2.43. The summed E-state index contributed by atoms with van der Waals surface area (Å²) in [4.78, 5) is 26.2. The van der Waals surface area contributed by atoms with E-state index in [-0.39, 0.29) is 5.91 Å². The largest absolute Gasteiger partial charge is 0.337 e. The molecule has 5 nitrogen and oxygen atoms in total. The van der Waals surface area contributed by atoms with Crippen LogP contribution in [0.5, 0.6) is 0 Å². The Kier molecular flexibility index (Phi) is 5.55. The first-order chi connectivity index (χ1) is 12.5. The number of hydrogen-bond donors (Lipinski definition) is 0. The summed E-state index contributed by atoms with van der Waals surface area (Å²) in [7, 11) is 0. The topological polar surface area (TPSA) is 49.3 Å². The number of carbonyl (C=O) groups excluding carboxylic acids is 1. The third kappa shape index (κ3) is 3.57. The summed E-state index contributed by atoms with van der Waals surface area (Å²) in [5.74, 6) is 1.45. The monoisotopic (exact) mass is 352 g/mol. The van der Waals surface area contributed by atoms with Gasteiger partial charge in [0, 0.05) is 30.9 Å². The van der Waals surface area contributed by atoms with Gasteiger partial charge in [0.25, 0.3) is 5.91 Å². The molecule has 1 atom stereocenters. The van der Waals surface area contributed by atoms with E-state index in [4.69, 9.17) is 0 Å². The van der Waals surface area contributed by atoms with Crippen molar-refractivity contribution in [1.82, 2.24) is 14.9 Å². The van der Waals surface area contributed by atoms with Gasteiger partial charge in [0.2, 0.25) is 0 Å². The Labute approximate surface area is 156 Å². The van der Waals surface area contributed by atoms with Gasteiger partial charge in [-0.3, -0.25) is 4.79 Å². The van der Waals surface area contributed by atoms with Crippen LogP contribution in [0.2, 0.25) is 0 Å². The van der Waals surface area contributed by atoms with Gasteiger partial charge in [0.1, 0.15) is 17.3 Å². The predicted octanol–water partition coefficient (Wildman–Crippen LogP) is 4.13. The Balaban J connectivity index is 1.97. The SMILES string of the molecule is CCCN(CCC)C(=O)c1cc(N2c3ccccc3CC2C)nc(C)n1. The van der Waals surface area contributed by atoms with Gasteiger partial charge in [-0.15, -0.1) is 0 Å². The van der Waals surface area contributed by atoms with Crippen molar-refractivity contribution in [3.63, 3.8) is 0 Å². The molecule has 5 heteroatoms. The number of benzene rings is 1. The highest BCUT2D eigenvalue weighted by atomic mass is 16.2. The maximum atomic E-state index is 13.0. The van der Waals surface area contributed by atoms with Crippen LogP contribution in [0, 0.1) is 6.92 Å². The molecule has 0 saturated carbocycles. The lowest BCUT2D eigenvalue weighted by molar-refractivity contribution is 0.0749. The highest BCUT2D eigenvalue weighted by Crippen LogP contribution is 2.37. The molecular weight excluding hydrogens is 324 g/mol. The Morgan fingerprint density at radius 3 is 2.58 bits per heavy atom. The van der Waals surface area contributed by atoms with Crippen molar-refractivity contribution < 1.29 is 4.79 Å². The lowest BCUT2D eigenvalue weighted by Gasteiger charge is -2.25. The second kappa shape index (κ2) is 7.85. The molecular formula is C21H28N4O. The van der Waals surface area contributed by atoms with Crippen LogP contribution in [-0.2, 0) is 6.42 Å². The highest BCUT2D eigenvalue weighted by Gasteiger charge is 2.29. The van der Waals surface area contributed by atoms with E-state index in [1.807, 2.05) is 24.0 Å². The summed E-state index contributed by atoms with van der Waals surface area (Å²) in [5.41, 5.74) is 2.99. The van der Waals surface area contributed by atoms with Crippen LogP contribution in [0.4, 0.5) is 11.5 Å². The van der Waals surface area contributed by atoms with Gasteiger partial charge in [0.15, 0.2) is 0 Å². The lowest BCUT2D eigenvalue weighted by Crippen LogP contribution is -2.33. The molecule has 0 radical (unpaired) electrons. The van der Waals surface area contributed by atoms with Crippen LogP contribution in [0.3, 0.4) is 0 Å². The molecule has 0 bridgehead atoms. The van der Waals surface area contributed by atoms with Gasteiger partial charge >= 0.3 is 0 Å². The summed E-state index contributed by atoms with van der Waals surface area (Å²) in [5, 5.41) is 0. The zero-order chi connectivity index (χ0) is 18.7. The number of fused-ring (bicyclic) bond motifs is 1. The van der Waals surface area contributed by atoms with Crippen molar-refractivity contribution in [1.29, 1.82) is 0 Å². The zero-order valence-corrected chi connectivity index (χ0v) is 16.2. The number of hydrogen-bond acceptors (Lipinski definition) is 4. The molecule has 2 aromatic rings. The van der Waals surface area contributed by atoms with Gasteiger partial charge in [-0.2, -0.15) is 0 Å². The smallest absolute Gasteiger partial charge is 0.272 e. The number of anilines is 2. The van der Waals surface area contributed by atoms with E-state index in [1.165, 1.54) is 11.3 Å². The fourth-order valence-electron chi connectivity index (χ4n) is 3.72. The van der Waals surface area contributed by atoms with Crippen molar-refractivity contribution >= 4 is 17.4 Å². The van der Waals surface area contributed by atoms with Crippen LogP contribution < -0.4 is 4.90 Å². The van der Waals surface area contributed by atoms with Crippen molar-refractivity contribution in [2.75, 3.05) is 18.0 Å². The summed E-state index contributed by atoms with van der Waals surface area (Å²) in [6, 6.07) is 10.6. The molecule has 138 valence electrons. The number of rotatable bonds is 6. The number of carbonyl (C=O) groups is 1. The van der Waals surface area contributed by atoms with E-state index >= 15 is 0 Å². The molecule has 1 aromatic carbocycles. The normalized spacial score (nSPS) is 15.8. The molecule has 1 aliphatic heterocycles. The molecule has 3 rings (SSSR count). The van der Waals surface area contributed by atoms with E-state index in [1.54, 1.807) is 0 Å². The Morgan fingerprint density at radius 1 is 1.19 bits per heavy atom. The predicted molar refractivity (Wildman–Crippen MR) is 105 cm³/mol. The van der Waals surface area contributed by atoms with Crippen molar-refractivity contribution in [2.45, 2.75) is 53.0 Å². The quantitative estimate of drug-likeness (QED) is 0.784. The summed E-state index contributed by atoms with van der Waals surface area (Å²) >= 11 is 0. The number of para-hydroxylation sites is 1. The fourth-order valence-corrected chi connectivity index (χ4v) is 3.72. The molecule has 1 unspecified atom stereocenters. The average Bonchev–Trinajstić information content (AvgIpc) is 2.96. The number of nitrogens with zero attached hydrogens (tertiary/aromatic N) is 4. The van der Waals surface area contributed by atoms with Crippen LogP contribution in [0.25, 0.3) is 0 Å². The Morgan fingerprint density at radius 2 is 1.88 bits per heavy atom. The van der Waals surface area contributed by atoms with E-state index in [2.05, 4.69) is 53.8 Å². The van der Waals surface area contributed by atoms with Gasteiger partial charge in [0.05, 0.1) is 0 Å². The maximum absolute atomic E-state index is 13.0. The van der Waals surface area contributed by atoms with Crippen LogP contribution in [0.15, 0.2) is 30.3 Å². The molecule has 1 amide bonds. The van der Waals surface area contributed by atoms with E-state index in [0.29, 0.717) is 17.6 Å². The molecule has 0 fully saturated rings. The molecule has 0 N–H and O–H groups in total. The van der Waals surface area contributed by atoms with Gasteiger partial charge < -0.3 is 9.80 Å². The maximum Gasteiger partial charge on any atom is 0.272 e. The molecule has 0 aliphatic carbocycles. The van der Waals surface area contributed by atoms with Gasteiger partial charge in [-0.05, 0) is 44.7 Å². The van der Waals surface area contributed by atoms with Crippen LogP contribution >= 0.6 is 0 Å². The van der Waals surface area contributed by atoms with E-state index < -0.39 is 0 Å². The van der Waals surface area contributed by atoms with Crippen LogP contribution in [0.1, 0.15) is 55.5 Å². The van der Waals surface area contributed by atoms with Crippen molar-refractivity contribution in [3.05, 3.63) is 47.4 Å². The lowest BCUT2D eigenvalue weighted by atomic mass is 10.1. The number of aryl methyl sites for hydroxylation is 1. The fraction of sp³-hybridized carbons (Fsp3) is 0.476. The first kappa shape index (κ1) is 18.4.